The predicted molar refractivity (Wildman–Crippen MR) is 75.5 cm³/mol. The van der Waals surface area contributed by atoms with E-state index >= 15 is 0 Å². The topological polar surface area (TPSA) is 92.5 Å². The molecule has 0 saturated heterocycles. The second kappa shape index (κ2) is 7.12. The van der Waals surface area contributed by atoms with Gasteiger partial charge >= 0.3 is 0 Å². The van der Waals surface area contributed by atoms with Gasteiger partial charge in [0.1, 0.15) is 11.4 Å². The summed E-state index contributed by atoms with van der Waals surface area (Å²) < 4.78 is 13.0. The Morgan fingerprint density at radius 2 is 2.05 bits per heavy atom. The maximum atomic E-state index is 13.0. The Kier molecular flexibility index (Phi) is 5.78. The number of nitrogens with zero attached hydrogens (tertiary/aromatic N) is 1. The first-order valence-electron chi connectivity index (χ1n) is 6.72. The zero-order valence-corrected chi connectivity index (χ0v) is 12.1. The Labute approximate surface area is 122 Å². The zero-order chi connectivity index (χ0) is 16.0. The largest absolute Gasteiger partial charge is 0.396 e. The van der Waals surface area contributed by atoms with E-state index in [0.717, 1.165) is 12.1 Å². The first kappa shape index (κ1) is 17.0. The normalized spacial score (nSPS) is 11.2. The predicted octanol–water partition coefficient (Wildman–Crippen LogP) is 2.26. The summed E-state index contributed by atoms with van der Waals surface area (Å²) >= 11 is 0. The molecule has 0 atom stereocenters. The molecular formula is C14H19FN2O4. The number of hydrogen-bond acceptors (Lipinski definition) is 4. The van der Waals surface area contributed by atoms with Crippen molar-refractivity contribution in [2.24, 2.45) is 5.41 Å². The van der Waals surface area contributed by atoms with E-state index in [9.17, 15) is 24.4 Å². The van der Waals surface area contributed by atoms with Gasteiger partial charge in [-0.15, -0.1) is 0 Å². The summed E-state index contributed by atoms with van der Waals surface area (Å²) in [5, 5.41) is 22.9. The Bertz CT molecular complexity index is 521. The first-order valence-corrected chi connectivity index (χ1v) is 6.72. The first-order chi connectivity index (χ1) is 9.89. The van der Waals surface area contributed by atoms with Crippen LogP contribution in [0.1, 0.15) is 37.0 Å². The highest BCUT2D eigenvalue weighted by molar-refractivity contribution is 5.98. The lowest BCUT2D eigenvalue weighted by Gasteiger charge is -2.29. The van der Waals surface area contributed by atoms with Crippen molar-refractivity contribution < 1.29 is 19.2 Å². The van der Waals surface area contributed by atoms with Crippen molar-refractivity contribution >= 4 is 11.6 Å². The lowest BCUT2D eigenvalue weighted by atomic mass is 9.83. The minimum Gasteiger partial charge on any atom is -0.396 e. The van der Waals surface area contributed by atoms with Crippen LogP contribution in [0, 0.1) is 21.3 Å². The van der Waals surface area contributed by atoms with E-state index in [-0.39, 0.29) is 18.7 Å². The van der Waals surface area contributed by atoms with Gasteiger partial charge in [-0.2, -0.15) is 0 Å². The van der Waals surface area contributed by atoms with Crippen molar-refractivity contribution in [2.45, 2.75) is 26.7 Å². The van der Waals surface area contributed by atoms with Crippen LogP contribution in [-0.2, 0) is 0 Å². The van der Waals surface area contributed by atoms with E-state index in [1.54, 1.807) is 0 Å². The van der Waals surface area contributed by atoms with Crippen LogP contribution in [0.5, 0.6) is 0 Å². The molecule has 0 aliphatic rings. The number of benzene rings is 1. The highest BCUT2D eigenvalue weighted by Crippen LogP contribution is 2.25. The molecule has 0 fully saturated rings. The zero-order valence-electron chi connectivity index (χ0n) is 12.1. The Hall–Kier alpha value is -2.02. The van der Waals surface area contributed by atoms with E-state index in [2.05, 4.69) is 5.32 Å². The molecule has 0 aliphatic carbocycles. The third-order valence-corrected chi connectivity index (χ3v) is 3.86. The van der Waals surface area contributed by atoms with Gasteiger partial charge in [0.15, 0.2) is 0 Å². The average Bonchev–Trinajstić information content (AvgIpc) is 2.48. The van der Waals surface area contributed by atoms with Gasteiger partial charge in [0, 0.05) is 12.0 Å². The molecule has 2 N–H and O–H groups in total. The number of aliphatic hydroxyl groups excluding tert-OH is 1. The molecule has 0 saturated carbocycles. The van der Waals surface area contributed by atoms with Crippen molar-refractivity contribution in [1.29, 1.82) is 0 Å². The fourth-order valence-corrected chi connectivity index (χ4v) is 1.99. The Balaban J connectivity index is 2.93. The summed E-state index contributed by atoms with van der Waals surface area (Å²) in [5.74, 6) is -1.42. The SMILES string of the molecule is CCC(CC)(CO)CNC(=O)c1ccc(F)cc1[N+](=O)[O-]. The summed E-state index contributed by atoms with van der Waals surface area (Å²) in [6, 6.07) is 2.80. The molecule has 0 aliphatic heterocycles. The van der Waals surface area contributed by atoms with Gasteiger partial charge in [-0.05, 0) is 25.0 Å². The minimum atomic E-state index is -0.795. The van der Waals surface area contributed by atoms with Crippen LogP contribution in [0.2, 0.25) is 0 Å². The van der Waals surface area contributed by atoms with Gasteiger partial charge in [-0.3, -0.25) is 14.9 Å². The lowest BCUT2D eigenvalue weighted by Crippen LogP contribution is -2.39. The Morgan fingerprint density at radius 3 is 2.52 bits per heavy atom. The smallest absolute Gasteiger partial charge is 0.285 e. The number of rotatable bonds is 7. The summed E-state index contributed by atoms with van der Waals surface area (Å²) in [6.07, 6.45) is 1.32. The molecule has 7 heteroatoms. The molecule has 6 nitrogen and oxygen atoms in total. The van der Waals surface area contributed by atoms with Gasteiger partial charge in [0.05, 0.1) is 17.6 Å². The second-order valence-electron chi connectivity index (χ2n) is 4.97. The molecule has 21 heavy (non-hydrogen) atoms. The summed E-state index contributed by atoms with van der Waals surface area (Å²) in [5.41, 5.74) is -1.22. The fourth-order valence-electron chi connectivity index (χ4n) is 1.99. The third-order valence-electron chi connectivity index (χ3n) is 3.86. The molecule has 1 aromatic rings. The third kappa shape index (κ3) is 3.98. The van der Waals surface area contributed by atoms with Crippen LogP contribution in [0.25, 0.3) is 0 Å². The quantitative estimate of drug-likeness (QED) is 0.596. The number of carbonyl (C=O) groups is 1. The van der Waals surface area contributed by atoms with Crippen LogP contribution in [0.15, 0.2) is 18.2 Å². The average molecular weight is 298 g/mol. The van der Waals surface area contributed by atoms with E-state index in [0.29, 0.717) is 18.9 Å². The number of halogens is 1. The number of hydrogen-bond donors (Lipinski definition) is 2. The molecule has 0 aromatic heterocycles. The van der Waals surface area contributed by atoms with Crippen LogP contribution in [0.4, 0.5) is 10.1 Å². The van der Waals surface area contributed by atoms with Gasteiger partial charge in [-0.1, -0.05) is 13.8 Å². The summed E-state index contributed by atoms with van der Waals surface area (Å²) in [4.78, 5) is 22.1. The molecule has 0 spiro atoms. The number of nitro groups is 1. The molecule has 116 valence electrons. The van der Waals surface area contributed by atoms with Gasteiger partial charge in [-0.25, -0.2) is 4.39 Å². The van der Waals surface area contributed by atoms with Gasteiger partial charge in [0.2, 0.25) is 0 Å². The molecule has 0 radical (unpaired) electrons. The fraction of sp³-hybridized carbons (Fsp3) is 0.500. The number of carbonyl (C=O) groups excluding carboxylic acids is 1. The highest BCUT2D eigenvalue weighted by atomic mass is 19.1. The number of nitro benzene ring substituents is 1. The van der Waals surface area contributed by atoms with Crippen molar-refractivity contribution in [3.8, 4) is 0 Å². The molecular weight excluding hydrogens is 279 g/mol. The van der Waals surface area contributed by atoms with Crippen molar-refractivity contribution in [3.05, 3.63) is 39.7 Å². The standard InChI is InChI=1S/C14H19FN2O4/c1-3-14(4-2,9-18)8-16-13(19)11-6-5-10(15)7-12(11)17(20)21/h5-7,18H,3-4,8-9H2,1-2H3,(H,16,19). The monoisotopic (exact) mass is 298 g/mol. The summed E-state index contributed by atoms with van der Waals surface area (Å²) in [6.45, 7) is 3.90. The molecule has 0 bridgehead atoms. The molecule has 0 unspecified atom stereocenters. The molecule has 1 rings (SSSR count). The lowest BCUT2D eigenvalue weighted by molar-refractivity contribution is -0.385. The maximum absolute atomic E-state index is 13.0. The molecule has 1 amide bonds. The van der Waals surface area contributed by atoms with E-state index in [1.807, 2.05) is 13.8 Å². The van der Waals surface area contributed by atoms with Crippen LogP contribution < -0.4 is 5.32 Å². The number of aliphatic hydroxyl groups is 1. The maximum Gasteiger partial charge on any atom is 0.285 e. The molecule has 0 heterocycles. The highest BCUT2D eigenvalue weighted by Gasteiger charge is 2.27. The van der Waals surface area contributed by atoms with E-state index in [4.69, 9.17) is 0 Å². The van der Waals surface area contributed by atoms with Crippen molar-refractivity contribution in [1.82, 2.24) is 5.32 Å². The van der Waals surface area contributed by atoms with Crippen LogP contribution >= 0.6 is 0 Å². The van der Waals surface area contributed by atoms with Gasteiger partial charge < -0.3 is 10.4 Å². The van der Waals surface area contributed by atoms with Crippen molar-refractivity contribution in [3.63, 3.8) is 0 Å². The van der Waals surface area contributed by atoms with Crippen molar-refractivity contribution in [2.75, 3.05) is 13.2 Å². The van der Waals surface area contributed by atoms with Crippen LogP contribution in [0.3, 0.4) is 0 Å². The Morgan fingerprint density at radius 1 is 1.43 bits per heavy atom. The van der Waals surface area contributed by atoms with E-state index in [1.165, 1.54) is 0 Å². The van der Waals surface area contributed by atoms with Gasteiger partial charge in [0.25, 0.3) is 11.6 Å². The summed E-state index contributed by atoms with van der Waals surface area (Å²) in [7, 11) is 0. The van der Waals surface area contributed by atoms with Crippen LogP contribution in [-0.4, -0.2) is 29.1 Å². The number of amides is 1. The second-order valence-corrected chi connectivity index (χ2v) is 4.97. The van der Waals surface area contributed by atoms with E-state index < -0.39 is 27.8 Å². The molecule has 1 aromatic carbocycles. The number of nitrogens with one attached hydrogen (secondary N) is 1. The minimum absolute atomic E-state index is 0.0915.